The van der Waals surface area contributed by atoms with E-state index in [0.717, 1.165) is 28.7 Å². The first-order valence-electron chi connectivity index (χ1n) is 41.0. The van der Waals surface area contributed by atoms with Gasteiger partial charge in [-0.3, -0.25) is 53.0 Å². The van der Waals surface area contributed by atoms with Gasteiger partial charge in [0, 0.05) is 86.4 Å². The van der Waals surface area contributed by atoms with E-state index in [1.807, 2.05) is 48.5 Å². The fourth-order valence-electron chi connectivity index (χ4n) is 13.5. The molecule has 3 aliphatic heterocycles. The number of nitrogens with one attached hydrogen (secondary N) is 6. The van der Waals surface area contributed by atoms with E-state index in [0.29, 0.717) is 122 Å². The second kappa shape index (κ2) is 49.1. The number of thiol groups is 1. The summed E-state index contributed by atoms with van der Waals surface area (Å²) in [5.41, 5.74) is 3.50. The number of carbonyl (C=O) groups excluding carboxylic acids is 7. The highest BCUT2D eigenvalue weighted by Crippen LogP contribution is 2.59. The Balaban J connectivity index is 0.493. The molecule has 11 atom stereocenters. The summed E-state index contributed by atoms with van der Waals surface area (Å²) in [6.45, 7) is 1.50. The minimum atomic E-state index is -4.38. The number of aromatic nitrogens is 6. The number of aromatic amines is 1. The molecule has 1 saturated carbocycles. The molecule has 43 heteroatoms. The molecule has 2 unspecified atom stereocenters. The van der Waals surface area contributed by atoms with Crippen molar-refractivity contribution in [2.45, 2.75) is 121 Å². The third-order valence-electron chi connectivity index (χ3n) is 20.0. The maximum Gasteiger partial charge on any atom is 0.410 e. The molecule has 3 fully saturated rings. The van der Waals surface area contributed by atoms with Crippen LogP contribution >= 0.6 is 25.8 Å². The molecular formula is C83H105N13O26P2S2. The average Bonchev–Trinajstić information content (AvgIpc) is 1.59. The Morgan fingerprint density at radius 2 is 1.33 bits per heavy atom. The Morgan fingerprint density at radius 1 is 0.698 bits per heavy atom. The number of para-hydroxylation sites is 1. The predicted octanol–water partition coefficient (Wildman–Crippen LogP) is 6.07. The number of imidazole rings is 1. The molecule has 1 aliphatic carbocycles. The summed E-state index contributed by atoms with van der Waals surface area (Å²) in [5, 5.41) is 25.2. The quantitative estimate of drug-likeness (QED) is 0.00905. The number of aliphatic hydroxyl groups is 1. The Hall–Kier alpha value is -9.61. The Kier molecular flexibility index (Phi) is 37.8. The third-order valence-corrected chi connectivity index (χ3v) is 23.2. The van der Waals surface area contributed by atoms with E-state index in [-0.39, 0.29) is 112 Å². The van der Waals surface area contributed by atoms with E-state index in [4.69, 9.17) is 82.0 Å². The highest BCUT2D eigenvalue weighted by molar-refractivity contribution is 8.44. The first-order chi connectivity index (χ1) is 60.8. The first kappa shape index (κ1) is 97.0. The van der Waals surface area contributed by atoms with E-state index in [1.165, 1.54) is 42.0 Å². The van der Waals surface area contributed by atoms with Crippen molar-refractivity contribution >= 4 is 108 Å². The van der Waals surface area contributed by atoms with Crippen LogP contribution in [0.3, 0.4) is 0 Å². The van der Waals surface area contributed by atoms with E-state index in [9.17, 15) is 52.9 Å². The van der Waals surface area contributed by atoms with Crippen molar-refractivity contribution in [1.82, 2.24) is 50.3 Å². The fourth-order valence-corrected chi connectivity index (χ4v) is 16.5. The van der Waals surface area contributed by atoms with Gasteiger partial charge in [-0.05, 0) is 84.2 Å². The van der Waals surface area contributed by atoms with Gasteiger partial charge in [0.15, 0.2) is 17.4 Å². The molecule has 0 radical (unpaired) electrons. The zero-order valence-electron chi connectivity index (χ0n) is 70.0. The molecule has 2 bridgehead atoms. The smallest absolute Gasteiger partial charge is 0.410 e. The number of H-pyrrole nitrogens is 1. The minimum Gasteiger partial charge on any atom is -0.474 e. The number of hydrogen-bond acceptors (Lipinski definition) is 30. The Morgan fingerprint density at radius 3 is 2.01 bits per heavy atom. The highest BCUT2D eigenvalue weighted by atomic mass is 32.7. The monoisotopic (exact) mass is 1830 g/mol. The predicted molar refractivity (Wildman–Crippen MR) is 461 cm³/mol. The van der Waals surface area contributed by atoms with Crippen LogP contribution in [-0.4, -0.2) is 261 Å². The molecule has 11 rings (SSSR count). The lowest BCUT2D eigenvalue weighted by molar-refractivity contribution is -0.132. The molecule has 2 saturated heterocycles. The van der Waals surface area contributed by atoms with Gasteiger partial charge in [-0.15, -0.1) is 0 Å². The number of fused-ring (bicyclic) bond motifs is 6. The SMILES string of the molecule is CC(C)[C@H](NC(=O)CCOCCOCCOCCOCCOCCOCCOCCOCCNC(=O)CCC(=O)N1Cc2ccccc2C#Cc2ccccc21)C(=O)N[C@@H](C)C(=O)Nc1ccc(COC(=O)N(C)Cc2ccccc2C(=O)Nc2nc3c(ncn3[C@@H]3O[C@@H]4COP(O)(=S)O[C@H]5C[C@H](Oc6ccncn6)C[C@@H]5COP(=O)(S)O[C@@H]3[C@@H]4O)c(=O)[nH]2)cc1. The van der Waals surface area contributed by atoms with Crippen LogP contribution in [0.1, 0.15) is 97.3 Å². The van der Waals surface area contributed by atoms with Gasteiger partial charge in [0.1, 0.15) is 49.4 Å². The highest BCUT2D eigenvalue weighted by Gasteiger charge is 2.51. The summed E-state index contributed by atoms with van der Waals surface area (Å²) < 4.78 is 101. The van der Waals surface area contributed by atoms with Crippen LogP contribution in [0.4, 0.5) is 22.1 Å². The summed E-state index contributed by atoms with van der Waals surface area (Å²) in [7, 11) is 1.46. The molecule has 3 aromatic heterocycles. The second-order valence-electron chi connectivity index (χ2n) is 29.7. The van der Waals surface area contributed by atoms with Crippen LogP contribution < -0.4 is 41.8 Å². The lowest BCUT2D eigenvalue weighted by Crippen LogP contribution is -2.53. The Bertz CT molecular complexity index is 5020. The van der Waals surface area contributed by atoms with Crippen LogP contribution in [0.2, 0.25) is 0 Å². The van der Waals surface area contributed by atoms with Gasteiger partial charge in [-0.2, -0.15) is 4.98 Å². The van der Waals surface area contributed by atoms with Crippen LogP contribution in [0.15, 0.2) is 127 Å². The lowest BCUT2D eigenvalue weighted by Gasteiger charge is -2.27. The van der Waals surface area contributed by atoms with Crippen LogP contribution in [0.25, 0.3) is 11.2 Å². The van der Waals surface area contributed by atoms with Crippen LogP contribution in [0, 0.1) is 23.7 Å². The second-order valence-corrected chi connectivity index (χ2v) is 35.4. The summed E-state index contributed by atoms with van der Waals surface area (Å²) in [5.74, 6) is 2.79. The van der Waals surface area contributed by atoms with Crippen LogP contribution in [0.5, 0.6) is 5.88 Å². The number of amides is 7. The molecule has 4 aliphatic rings. The summed E-state index contributed by atoms with van der Waals surface area (Å²) >= 11 is 9.64. The average molecular weight is 1830 g/mol. The zero-order chi connectivity index (χ0) is 89.4. The van der Waals surface area contributed by atoms with Crippen molar-refractivity contribution in [2.75, 3.05) is 148 Å². The largest absolute Gasteiger partial charge is 0.474 e. The first-order valence-corrected chi connectivity index (χ1v) is 46.3. The van der Waals surface area contributed by atoms with Gasteiger partial charge in [0.05, 0.1) is 144 Å². The van der Waals surface area contributed by atoms with Crippen molar-refractivity contribution in [1.29, 1.82) is 0 Å². The lowest BCUT2D eigenvalue weighted by atomic mass is 10.0. The van der Waals surface area contributed by atoms with Gasteiger partial charge < -0.3 is 107 Å². The van der Waals surface area contributed by atoms with Gasteiger partial charge in [-0.25, -0.2) is 24.3 Å². The summed E-state index contributed by atoms with van der Waals surface area (Å²) in [6, 6.07) is 27.7. The number of hydrogen-bond donors (Lipinski definition) is 9. The maximum absolute atomic E-state index is 14.1. The van der Waals surface area contributed by atoms with Crippen molar-refractivity contribution in [2.24, 2.45) is 11.8 Å². The molecule has 7 amide bonds. The number of anilines is 3. The van der Waals surface area contributed by atoms with E-state index < -0.39 is 110 Å². The van der Waals surface area contributed by atoms with Crippen molar-refractivity contribution in [3.63, 3.8) is 0 Å². The number of rotatable bonds is 45. The number of benzene rings is 4. The molecular weight excluding hydrogens is 1720 g/mol. The normalized spacial score (nSPS) is 20.8. The third kappa shape index (κ3) is 30.0. The minimum absolute atomic E-state index is 0.0255. The number of aliphatic hydroxyl groups excluding tert-OH is 1. The number of carbonyl (C=O) groups is 7. The molecule has 8 N–H and O–H groups in total. The van der Waals surface area contributed by atoms with E-state index in [1.54, 1.807) is 67.3 Å². The standard InChI is InChI=1S/C83H105N13O26P2S2/c1-54(2)72(90-69(98)26-29-108-31-33-110-35-37-112-39-41-114-43-44-115-42-40-113-38-36-111-34-32-109-30-28-85-68(97)23-24-71(99)95-48-59-13-6-5-11-57(59)19-20-58-12-8-10-16-65(58)95)79(103)88-55(3)77(101)89-62-21-17-56(18-22-62)49-116-83(105)94(4)47-60-14-7-9-15-64(60)78(102)92-82-91-76-73(80(104)93-82)87-53-96(76)81-75-74(100)67(120-81)51-118-123(106,125)121-66-46-63(119-70-25-27-84-52-86-70)45-61(66)50-117-124(107,126)122-75/h5-18,21-22,25,27,52-55,61,63,66-67,72,74-75,81,100H,23-24,26,28-51H2,1-4H3,(H,85,97)(H,88,103)(H,89,101)(H,90,98)(H,106,125)(H,107,126)(H2,91,92,93,102,104)/t55-,61+,63+,66-,67+,72-,74+,75+,81+,123?,124?/m0/s1. The molecule has 39 nitrogen and oxygen atoms in total. The Labute approximate surface area is 737 Å². The fraction of sp³-hybridized carbons (Fsp3) is 0.494. The summed E-state index contributed by atoms with van der Waals surface area (Å²) in [6.07, 6.45) is -3.43. The van der Waals surface area contributed by atoms with E-state index >= 15 is 0 Å². The molecule has 6 heterocycles. The zero-order valence-corrected chi connectivity index (χ0v) is 73.5. The molecule has 4 aromatic carbocycles. The maximum atomic E-state index is 14.1. The molecule has 680 valence electrons. The molecule has 126 heavy (non-hydrogen) atoms. The van der Waals surface area contributed by atoms with E-state index in [2.05, 4.69) is 75.6 Å². The molecule has 0 spiro atoms. The molecule has 7 aromatic rings. The van der Waals surface area contributed by atoms with Crippen molar-refractivity contribution < 1.29 is 118 Å². The van der Waals surface area contributed by atoms with Gasteiger partial charge in [0.25, 0.3) is 11.5 Å². The van der Waals surface area contributed by atoms with Crippen molar-refractivity contribution in [3.8, 4) is 17.7 Å². The van der Waals surface area contributed by atoms with Gasteiger partial charge in [-0.1, -0.05) is 98.6 Å². The van der Waals surface area contributed by atoms with Crippen LogP contribution in [-0.2, 0) is 126 Å². The van der Waals surface area contributed by atoms with Crippen molar-refractivity contribution in [3.05, 3.63) is 166 Å². The number of ether oxygens (including phenoxy) is 11. The van der Waals surface area contributed by atoms with Gasteiger partial charge >= 0.3 is 19.6 Å². The summed E-state index contributed by atoms with van der Waals surface area (Å²) in [4.78, 5) is 140. The number of nitrogens with zero attached hydrogens (tertiary/aromatic N) is 7. The topological polar surface area (TPSA) is 471 Å². The van der Waals surface area contributed by atoms with Gasteiger partial charge in [0.2, 0.25) is 41.4 Å².